The van der Waals surface area contributed by atoms with E-state index in [2.05, 4.69) is 6.58 Å². The van der Waals surface area contributed by atoms with Gasteiger partial charge in [-0.15, -0.1) is 0 Å². The van der Waals surface area contributed by atoms with Gasteiger partial charge in [-0.25, -0.2) is 8.78 Å². The standard InChI is InChI=1S/C14H21F4N3O2/c1-3-11(22)20(4-2)9-12(23)21-7-5-19(6-8-21)10-14(17,18)13(15)16/h3,13H,1,4-10H2,2H3. The molecule has 1 aliphatic heterocycles. The Morgan fingerprint density at radius 2 is 1.83 bits per heavy atom. The summed E-state index contributed by atoms with van der Waals surface area (Å²) < 4.78 is 50.4. The van der Waals surface area contributed by atoms with Crippen molar-refractivity contribution in [2.45, 2.75) is 19.3 Å². The number of likely N-dealkylation sites (N-methyl/N-ethyl adjacent to an activating group) is 1. The number of alkyl halides is 4. The third-order valence-corrected chi connectivity index (χ3v) is 3.67. The fourth-order valence-electron chi connectivity index (χ4n) is 2.26. The Morgan fingerprint density at radius 1 is 1.26 bits per heavy atom. The average molecular weight is 339 g/mol. The van der Waals surface area contributed by atoms with Crippen molar-refractivity contribution in [2.75, 3.05) is 45.8 Å². The van der Waals surface area contributed by atoms with Crippen molar-refractivity contribution in [3.8, 4) is 0 Å². The monoisotopic (exact) mass is 339 g/mol. The summed E-state index contributed by atoms with van der Waals surface area (Å²) in [5.74, 6) is -4.72. The Balaban J connectivity index is 2.48. The first kappa shape index (κ1) is 19.4. The van der Waals surface area contributed by atoms with Gasteiger partial charge in [-0.2, -0.15) is 8.78 Å². The van der Waals surface area contributed by atoms with Crippen molar-refractivity contribution in [3.05, 3.63) is 12.7 Å². The molecule has 9 heteroatoms. The van der Waals surface area contributed by atoms with Crippen LogP contribution in [0.15, 0.2) is 12.7 Å². The molecule has 0 aromatic rings. The first-order valence-electron chi connectivity index (χ1n) is 7.28. The molecule has 5 nitrogen and oxygen atoms in total. The van der Waals surface area contributed by atoms with Gasteiger partial charge < -0.3 is 9.80 Å². The molecule has 1 saturated heterocycles. The summed E-state index contributed by atoms with van der Waals surface area (Å²) in [4.78, 5) is 27.6. The molecule has 1 aliphatic rings. The van der Waals surface area contributed by atoms with Crippen LogP contribution < -0.4 is 0 Å². The topological polar surface area (TPSA) is 43.9 Å². The molecule has 0 spiro atoms. The van der Waals surface area contributed by atoms with Crippen LogP contribution in [-0.2, 0) is 9.59 Å². The number of amides is 2. The van der Waals surface area contributed by atoms with Crippen molar-refractivity contribution in [2.24, 2.45) is 0 Å². The van der Waals surface area contributed by atoms with E-state index in [9.17, 15) is 27.2 Å². The van der Waals surface area contributed by atoms with E-state index in [1.807, 2.05) is 0 Å². The fourth-order valence-corrected chi connectivity index (χ4v) is 2.26. The van der Waals surface area contributed by atoms with E-state index >= 15 is 0 Å². The third kappa shape index (κ3) is 5.49. The molecule has 1 heterocycles. The molecule has 2 amide bonds. The number of hydrogen-bond acceptors (Lipinski definition) is 3. The molecule has 0 atom stereocenters. The van der Waals surface area contributed by atoms with Crippen molar-refractivity contribution < 1.29 is 27.2 Å². The van der Waals surface area contributed by atoms with Gasteiger partial charge in [0.1, 0.15) is 0 Å². The van der Waals surface area contributed by atoms with E-state index in [1.54, 1.807) is 6.92 Å². The van der Waals surface area contributed by atoms with Crippen LogP contribution in [0, 0.1) is 0 Å². The molecule has 0 aliphatic carbocycles. The van der Waals surface area contributed by atoms with Crippen LogP contribution >= 0.6 is 0 Å². The summed E-state index contributed by atoms with van der Waals surface area (Å²) in [6.07, 6.45) is -2.59. The van der Waals surface area contributed by atoms with Crippen LogP contribution in [0.1, 0.15) is 6.92 Å². The van der Waals surface area contributed by atoms with Crippen LogP contribution in [0.25, 0.3) is 0 Å². The van der Waals surface area contributed by atoms with Crippen LogP contribution in [0.3, 0.4) is 0 Å². The molecule has 1 rings (SSSR count). The van der Waals surface area contributed by atoms with Crippen molar-refractivity contribution in [3.63, 3.8) is 0 Å². The van der Waals surface area contributed by atoms with Gasteiger partial charge in [0.25, 0.3) is 0 Å². The number of carbonyl (C=O) groups is 2. The maximum atomic E-state index is 13.0. The molecular weight excluding hydrogens is 318 g/mol. The van der Waals surface area contributed by atoms with Crippen LogP contribution in [0.4, 0.5) is 17.6 Å². The predicted octanol–water partition coefficient (Wildman–Crippen LogP) is 1.07. The third-order valence-electron chi connectivity index (χ3n) is 3.67. The highest BCUT2D eigenvalue weighted by atomic mass is 19.3. The molecule has 0 aromatic carbocycles. The van der Waals surface area contributed by atoms with Gasteiger partial charge in [-0.05, 0) is 13.0 Å². The fraction of sp³-hybridized carbons (Fsp3) is 0.714. The highest BCUT2D eigenvalue weighted by molar-refractivity contribution is 5.90. The quantitative estimate of drug-likeness (QED) is 0.515. The summed E-state index contributed by atoms with van der Waals surface area (Å²) in [5, 5.41) is 0. The molecule has 1 fully saturated rings. The number of hydrogen-bond donors (Lipinski definition) is 0. The predicted molar refractivity (Wildman–Crippen MR) is 76.4 cm³/mol. The van der Waals surface area contributed by atoms with Gasteiger partial charge in [-0.1, -0.05) is 6.58 Å². The number of rotatable bonds is 7. The van der Waals surface area contributed by atoms with Crippen LogP contribution in [0.5, 0.6) is 0 Å². The second kappa shape index (κ2) is 8.28. The SMILES string of the molecule is C=CC(=O)N(CC)CC(=O)N1CCN(CC(F)(F)C(F)F)CC1. The van der Waals surface area contributed by atoms with E-state index in [0.29, 0.717) is 6.54 Å². The first-order chi connectivity index (χ1) is 10.7. The van der Waals surface area contributed by atoms with Crippen molar-refractivity contribution in [1.82, 2.24) is 14.7 Å². The minimum Gasteiger partial charge on any atom is -0.339 e. The molecule has 0 unspecified atom stereocenters. The van der Waals surface area contributed by atoms with E-state index < -0.39 is 18.9 Å². The summed E-state index contributed by atoms with van der Waals surface area (Å²) in [6, 6.07) is 0. The molecule has 132 valence electrons. The minimum absolute atomic E-state index is 0.0928. The second-order valence-corrected chi connectivity index (χ2v) is 5.28. The Kier molecular flexibility index (Phi) is 6.99. The summed E-state index contributed by atoms with van der Waals surface area (Å²) in [7, 11) is 0. The minimum atomic E-state index is -4.05. The first-order valence-corrected chi connectivity index (χ1v) is 7.28. The lowest BCUT2D eigenvalue weighted by Gasteiger charge is -2.36. The lowest BCUT2D eigenvalue weighted by Crippen LogP contribution is -2.54. The highest BCUT2D eigenvalue weighted by Gasteiger charge is 2.42. The Morgan fingerprint density at radius 3 is 2.26 bits per heavy atom. The van der Waals surface area contributed by atoms with E-state index in [4.69, 9.17) is 0 Å². The molecule has 0 bridgehead atoms. The van der Waals surface area contributed by atoms with Crippen LogP contribution in [0.2, 0.25) is 0 Å². The van der Waals surface area contributed by atoms with E-state index in [1.165, 1.54) is 14.7 Å². The molecule has 0 saturated carbocycles. The lowest BCUT2D eigenvalue weighted by molar-refractivity contribution is -0.149. The zero-order valence-corrected chi connectivity index (χ0v) is 13.0. The summed E-state index contributed by atoms with van der Waals surface area (Å²) in [5.41, 5.74) is 0. The van der Waals surface area contributed by atoms with Gasteiger partial charge in [-0.3, -0.25) is 14.5 Å². The maximum Gasteiger partial charge on any atom is 0.319 e. The molecule has 0 N–H and O–H groups in total. The van der Waals surface area contributed by atoms with E-state index in [0.717, 1.165) is 6.08 Å². The Labute approximate surface area is 132 Å². The van der Waals surface area contributed by atoms with Gasteiger partial charge in [0.15, 0.2) is 0 Å². The van der Waals surface area contributed by atoms with Crippen molar-refractivity contribution >= 4 is 11.8 Å². The zero-order chi connectivity index (χ0) is 17.6. The number of nitrogens with zero attached hydrogens (tertiary/aromatic N) is 3. The van der Waals surface area contributed by atoms with Gasteiger partial charge in [0.2, 0.25) is 11.8 Å². The van der Waals surface area contributed by atoms with Crippen molar-refractivity contribution in [1.29, 1.82) is 0 Å². The molecule has 23 heavy (non-hydrogen) atoms. The van der Waals surface area contributed by atoms with Gasteiger partial charge in [0.05, 0.1) is 13.1 Å². The Bertz CT molecular complexity index is 438. The second-order valence-electron chi connectivity index (χ2n) is 5.28. The number of halogens is 4. The van der Waals surface area contributed by atoms with Gasteiger partial charge >= 0.3 is 12.3 Å². The largest absolute Gasteiger partial charge is 0.339 e. The molecule has 0 radical (unpaired) electrons. The Hall–Kier alpha value is -1.64. The molecule has 0 aromatic heterocycles. The normalized spacial score (nSPS) is 16.5. The van der Waals surface area contributed by atoms with Gasteiger partial charge in [0, 0.05) is 32.7 Å². The zero-order valence-electron chi connectivity index (χ0n) is 13.0. The average Bonchev–Trinajstić information content (AvgIpc) is 2.51. The van der Waals surface area contributed by atoms with Crippen LogP contribution in [-0.4, -0.2) is 84.7 Å². The molecular formula is C14H21F4N3O2. The van der Waals surface area contributed by atoms with E-state index in [-0.39, 0.29) is 44.5 Å². The number of piperazine rings is 1. The summed E-state index contributed by atoms with van der Waals surface area (Å²) in [6.45, 7) is 4.79. The summed E-state index contributed by atoms with van der Waals surface area (Å²) >= 11 is 0. The smallest absolute Gasteiger partial charge is 0.319 e. The maximum absolute atomic E-state index is 13.0. The number of carbonyl (C=O) groups excluding carboxylic acids is 2. The highest BCUT2D eigenvalue weighted by Crippen LogP contribution is 2.24. The lowest BCUT2D eigenvalue weighted by atomic mass is 10.2.